The zero-order valence-electron chi connectivity index (χ0n) is 18.0. The topological polar surface area (TPSA) is 39.7 Å². The Morgan fingerprint density at radius 3 is 2.50 bits per heavy atom. The summed E-state index contributed by atoms with van der Waals surface area (Å²) in [7, 11) is 0. The first-order valence-electron chi connectivity index (χ1n) is 11.2. The highest BCUT2D eigenvalue weighted by molar-refractivity contribution is 7.15. The van der Waals surface area contributed by atoms with Gasteiger partial charge >= 0.3 is 0 Å². The third kappa shape index (κ3) is 4.53. The van der Waals surface area contributed by atoms with E-state index in [-0.39, 0.29) is 5.91 Å². The number of carbonyl (C=O) groups excluding carboxylic acids is 1. The zero-order chi connectivity index (χ0) is 21.9. The number of anilines is 1. The first kappa shape index (κ1) is 21.4. The van der Waals surface area contributed by atoms with Gasteiger partial charge in [-0.3, -0.25) is 9.69 Å². The molecule has 32 heavy (non-hydrogen) atoms. The molecule has 0 aliphatic carbocycles. The lowest BCUT2D eigenvalue weighted by atomic mass is 10.2. The highest BCUT2D eigenvalue weighted by Gasteiger charge is 2.27. The Bertz CT molecular complexity index is 1090. The van der Waals surface area contributed by atoms with Crippen molar-refractivity contribution in [2.45, 2.75) is 19.4 Å². The molecule has 0 unspecified atom stereocenters. The van der Waals surface area contributed by atoms with Crippen LogP contribution in [0.1, 0.15) is 28.1 Å². The minimum atomic E-state index is 0.108. The molecule has 2 aliphatic heterocycles. The molecule has 0 radical (unpaired) electrons. The molecule has 0 spiro atoms. The fraction of sp³-hybridized carbons (Fsp3) is 0.360. The lowest BCUT2D eigenvalue weighted by molar-refractivity contribution is 0.0630. The average molecular weight is 467 g/mol. The van der Waals surface area contributed by atoms with Crippen LogP contribution in [0.2, 0.25) is 5.02 Å². The van der Waals surface area contributed by atoms with Gasteiger partial charge < -0.3 is 9.80 Å². The van der Waals surface area contributed by atoms with E-state index < -0.39 is 0 Å². The predicted molar refractivity (Wildman–Crippen MR) is 132 cm³/mol. The Balaban J connectivity index is 1.20. The number of rotatable bonds is 5. The number of hydrogen-bond donors (Lipinski definition) is 0. The summed E-state index contributed by atoms with van der Waals surface area (Å²) in [6.07, 6.45) is 4.13. The second-order valence-electron chi connectivity index (χ2n) is 8.38. The normalized spacial score (nSPS) is 17.2. The Hall–Kier alpha value is -2.41. The van der Waals surface area contributed by atoms with Gasteiger partial charge in [0.15, 0.2) is 0 Å². The van der Waals surface area contributed by atoms with Crippen LogP contribution in [0.25, 0.3) is 10.4 Å². The molecule has 0 atom stereocenters. The molecule has 0 bridgehead atoms. The number of amides is 1. The molecule has 2 aromatic heterocycles. The second kappa shape index (κ2) is 9.61. The third-order valence-electron chi connectivity index (χ3n) is 6.26. The maximum atomic E-state index is 13.3. The number of aromatic nitrogens is 1. The molecule has 4 heterocycles. The van der Waals surface area contributed by atoms with Crippen molar-refractivity contribution in [1.29, 1.82) is 0 Å². The number of nitrogens with zero attached hydrogens (tertiary/aromatic N) is 4. The van der Waals surface area contributed by atoms with Crippen molar-refractivity contribution >= 4 is 34.7 Å². The lowest BCUT2D eigenvalue weighted by Gasteiger charge is -2.35. The molecule has 3 aromatic rings. The molecule has 2 fully saturated rings. The number of hydrogen-bond acceptors (Lipinski definition) is 5. The molecule has 2 saturated heterocycles. The highest BCUT2D eigenvalue weighted by Crippen LogP contribution is 2.33. The van der Waals surface area contributed by atoms with Gasteiger partial charge in [0.2, 0.25) is 0 Å². The quantitative estimate of drug-likeness (QED) is 0.529. The van der Waals surface area contributed by atoms with Gasteiger partial charge in [0.05, 0.1) is 5.56 Å². The standard InChI is InChI=1S/C25H27ClN4OS/c26-22-8-2-1-6-20(22)23-10-9-19(32-23)18-28-14-16-30(17-15-28)25(31)21-7-5-11-27-24(21)29-12-3-4-13-29/h1-2,5-11H,3-4,12-18H2. The Kier molecular flexibility index (Phi) is 6.44. The summed E-state index contributed by atoms with van der Waals surface area (Å²) in [5.74, 6) is 0.958. The number of benzene rings is 1. The van der Waals surface area contributed by atoms with Gasteiger partial charge in [-0.25, -0.2) is 4.98 Å². The van der Waals surface area contributed by atoms with E-state index in [2.05, 4.69) is 33.0 Å². The van der Waals surface area contributed by atoms with Crippen molar-refractivity contribution in [1.82, 2.24) is 14.8 Å². The number of piperazine rings is 1. The fourth-order valence-corrected chi connectivity index (χ4v) is 5.90. The van der Waals surface area contributed by atoms with Crippen LogP contribution < -0.4 is 4.90 Å². The predicted octanol–water partition coefficient (Wildman–Crippen LogP) is 5.02. The van der Waals surface area contributed by atoms with E-state index in [1.54, 1.807) is 17.5 Å². The van der Waals surface area contributed by atoms with Crippen molar-refractivity contribution in [3.05, 3.63) is 70.2 Å². The smallest absolute Gasteiger partial charge is 0.257 e. The zero-order valence-corrected chi connectivity index (χ0v) is 19.6. The molecular weight excluding hydrogens is 440 g/mol. The molecule has 0 N–H and O–H groups in total. The van der Waals surface area contributed by atoms with E-state index in [4.69, 9.17) is 11.6 Å². The summed E-state index contributed by atoms with van der Waals surface area (Å²) in [4.78, 5) is 27.0. The van der Waals surface area contributed by atoms with Crippen LogP contribution in [0.4, 0.5) is 5.82 Å². The van der Waals surface area contributed by atoms with Gasteiger partial charge in [-0.15, -0.1) is 11.3 Å². The van der Waals surface area contributed by atoms with Crippen molar-refractivity contribution in [3.8, 4) is 10.4 Å². The van der Waals surface area contributed by atoms with Gasteiger partial charge in [0.25, 0.3) is 5.91 Å². The number of halogens is 1. The first-order valence-corrected chi connectivity index (χ1v) is 12.4. The van der Waals surface area contributed by atoms with Crippen LogP contribution in [0.5, 0.6) is 0 Å². The second-order valence-corrected chi connectivity index (χ2v) is 9.96. The van der Waals surface area contributed by atoms with Gasteiger partial charge in [-0.1, -0.05) is 29.8 Å². The third-order valence-corrected chi connectivity index (χ3v) is 7.70. The monoisotopic (exact) mass is 466 g/mol. The number of pyridine rings is 1. The summed E-state index contributed by atoms with van der Waals surface area (Å²) in [6, 6.07) is 16.1. The Morgan fingerprint density at radius 1 is 0.938 bits per heavy atom. The van der Waals surface area contributed by atoms with E-state index in [0.29, 0.717) is 0 Å². The van der Waals surface area contributed by atoms with Gasteiger partial charge in [-0.05, 0) is 43.2 Å². The summed E-state index contributed by atoms with van der Waals surface area (Å²) in [5.41, 5.74) is 1.83. The van der Waals surface area contributed by atoms with Crippen LogP contribution in [0.15, 0.2) is 54.7 Å². The maximum Gasteiger partial charge on any atom is 0.257 e. The molecule has 1 aromatic carbocycles. The van der Waals surface area contributed by atoms with Crippen LogP contribution >= 0.6 is 22.9 Å². The minimum absolute atomic E-state index is 0.108. The van der Waals surface area contributed by atoms with E-state index in [0.717, 1.165) is 67.8 Å². The largest absolute Gasteiger partial charge is 0.356 e. The van der Waals surface area contributed by atoms with Gasteiger partial charge in [-0.2, -0.15) is 0 Å². The Labute approximate surface area is 198 Å². The van der Waals surface area contributed by atoms with Crippen LogP contribution in [-0.4, -0.2) is 60.0 Å². The highest BCUT2D eigenvalue weighted by atomic mass is 35.5. The van der Waals surface area contributed by atoms with Crippen LogP contribution in [0.3, 0.4) is 0 Å². The molecule has 7 heteroatoms. The van der Waals surface area contributed by atoms with E-state index in [1.165, 1.54) is 22.6 Å². The summed E-state index contributed by atoms with van der Waals surface area (Å²) >= 11 is 8.15. The number of carbonyl (C=O) groups is 1. The van der Waals surface area contributed by atoms with Crippen molar-refractivity contribution in [2.24, 2.45) is 0 Å². The molecule has 166 valence electrons. The summed E-state index contributed by atoms with van der Waals surface area (Å²) < 4.78 is 0. The van der Waals surface area contributed by atoms with Gasteiger partial charge in [0.1, 0.15) is 5.82 Å². The molecule has 5 nitrogen and oxygen atoms in total. The molecule has 0 saturated carbocycles. The Morgan fingerprint density at radius 2 is 1.72 bits per heavy atom. The van der Waals surface area contributed by atoms with E-state index in [1.807, 2.05) is 35.2 Å². The molecule has 2 aliphatic rings. The summed E-state index contributed by atoms with van der Waals surface area (Å²) in [6.45, 7) is 6.13. The molecule has 1 amide bonds. The van der Waals surface area contributed by atoms with Crippen LogP contribution in [-0.2, 0) is 6.54 Å². The van der Waals surface area contributed by atoms with Gasteiger partial charge in [0, 0.05) is 72.4 Å². The SMILES string of the molecule is O=C(c1cccnc1N1CCCC1)N1CCN(Cc2ccc(-c3ccccc3Cl)s2)CC1. The average Bonchev–Trinajstić information content (AvgIpc) is 3.52. The fourth-order valence-electron chi connectivity index (χ4n) is 4.51. The number of thiophene rings is 1. The minimum Gasteiger partial charge on any atom is -0.356 e. The van der Waals surface area contributed by atoms with E-state index in [9.17, 15) is 4.79 Å². The maximum absolute atomic E-state index is 13.3. The summed E-state index contributed by atoms with van der Waals surface area (Å²) in [5, 5.41) is 0.789. The molecular formula is C25H27ClN4OS. The van der Waals surface area contributed by atoms with Crippen LogP contribution in [0, 0.1) is 0 Å². The first-order chi connectivity index (χ1) is 15.7. The van der Waals surface area contributed by atoms with Crippen molar-refractivity contribution in [2.75, 3.05) is 44.2 Å². The lowest BCUT2D eigenvalue weighted by Crippen LogP contribution is -2.48. The van der Waals surface area contributed by atoms with Crippen molar-refractivity contribution < 1.29 is 4.79 Å². The van der Waals surface area contributed by atoms with Crippen molar-refractivity contribution in [3.63, 3.8) is 0 Å². The molecule has 5 rings (SSSR count). The van der Waals surface area contributed by atoms with E-state index >= 15 is 0 Å².